The molecule has 2 aromatic rings. The molecule has 22 heavy (non-hydrogen) atoms. The molecule has 1 aliphatic carbocycles. The number of hydrogen-bond acceptors (Lipinski definition) is 1. The maximum absolute atomic E-state index is 2.36. The first-order valence-electron chi connectivity index (χ1n) is 7.47. The van der Waals surface area contributed by atoms with E-state index in [0.29, 0.717) is 0 Å². The van der Waals surface area contributed by atoms with Gasteiger partial charge in [0.05, 0.1) is 0 Å². The summed E-state index contributed by atoms with van der Waals surface area (Å²) in [6.45, 7) is 1.07. The lowest BCUT2D eigenvalue weighted by atomic mass is 9.99. The maximum atomic E-state index is 2.36. The van der Waals surface area contributed by atoms with Crippen molar-refractivity contribution in [1.29, 1.82) is 0 Å². The van der Waals surface area contributed by atoms with E-state index in [1.165, 1.54) is 27.1 Å². The van der Waals surface area contributed by atoms with Gasteiger partial charge < -0.3 is 4.90 Å². The van der Waals surface area contributed by atoms with Crippen molar-refractivity contribution in [2.24, 2.45) is 0 Å². The third kappa shape index (κ3) is 3.68. The molecule has 0 aliphatic heterocycles. The first-order chi connectivity index (χ1) is 10.2. The average Bonchev–Trinajstić information content (AvgIpc) is 2.63. The van der Waals surface area contributed by atoms with Gasteiger partial charge in [0.15, 0.2) is 0 Å². The SMILES string of the molecule is CN(C)CC/C=C1/C=c2ccccc2=Cc2ccccc21.Cl. The highest BCUT2D eigenvalue weighted by Gasteiger charge is 2.06. The minimum absolute atomic E-state index is 0. The Balaban J connectivity index is 0.00000176. The van der Waals surface area contributed by atoms with Crippen molar-refractivity contribution in [2.45, 2.75) is 6.42 Å². The number of benzene rings is 2. The number of fused-ring (bicyclic) bond motifs is 2. The van der Waals surface area contributed by atoms with E-state index < -0.39 is 0 Å². The van der Waals surface area contributed by atoms with Crippen LogP contribution in [0.1, 0.15) is 17.5 Å². The largest absolute Gasteiger partial charge is 0.309 e. The van der Waals surface area contributed by atoms with Crippen LogP contribution < -0.4 is 10.4 Å². The molecule has 0 N–H and O–H groups in total. The van der Waals surface area contributed by atoms with E-state index in [2.05, 4.69) is 85.8 Å². The molecule has 2 aromatic carbocycles. The van der Waals surface area contributed by atoms with Crippen molar-refractivity contribution >= 4 is 30.1 Å². The Morgan fingerprint density at radius 2 is 1.50 bits per heavy atom. The second kappa shape index (κ2) is 7.44. The third-order valence-electron chi connectivity index (χ3n) is 3.83. The Bertz CT molecular complexity index is 787. The van der Waals surface area contributed by atoms with Gasteiger partial charge in [0.2, 0.25) is 0 Å². The zero-order valence-corrected chi connectivity index (χ0v) is 13.9. The van der Waals surface area contributed by atoms with E-state index >= 15 is 0 Å². The summed E-state index contributed by atoms with van der Waals surface area (Å²) in [5, 5.41) is 2.59. The lowest BCUT2D eigenvalue weighted by molar-refractivity contribution is 0.417. The quantitative estimate of drug-likeness (QED) is 0.842. The van der Waals surface area contributed by atoms with E-state index in [1.807, 2.05) is 0 Å². The highest BCUT2D eigenvalue weighted by Crippen LogP contribution is 2.22. The van der Waals surface area contributed by atoms with Crippen LogP contribution in [0.5, 0.6) is 0 Å². The Morgan fingerprint density at radius 1 is 0.864 bits per heavy atom. The summed E-state index contributed by atoms with van der Waals surface area (Å²) >= 11 is 0. The molecule has 0 heterocycles. The number of rotatable bonds is 3. The Kier molecular flexibility index (Phi) is 5.59. The van der Waals surface area contributed by atoms with Gasteiger partial charge in [-0.3, -0.25) is 0 Å². The third-order valence-corrected chi connectivity index (χ3v) is 3.83. The molecule has 1 nitrogen and oxygen atoms in total. The highest BCUT2D eigenvalue weighted by molar-refractivity contribution is 5.92. The highest BCUT2D eigenvalue weighted by atomic mass is 35.5. The van der Waals surface area contributed by atoms with Crippen molar-refractivity contribution < 1.29 is 0 Å². The van der Waals surface area contributed by atoms with Crippen molar-refractivity contribution in [2.75, 3.05) is 20.6 Å². The lowest BCUT2D eigenvalue weighted by Crippen LogP contribution is -2.22. The van der Waals surface area contributed by atoms with Gasteiger partial charge in [-0.05, 0) is 59.8 Å². The van der Waals surface area contributed by atoms with Crippen LogP contribution >= 0.6 is 12.4 Å². The molecule has 114 valence electrons. The van der Waals surface area contributed by atoms with Gasteiger partial charge in [-0.1, -0.05) is 54.6 Å². The fourth-order valence-electron chi connectivity index (χ4n) is 2.72. The van der Waals surface area contributed by atoms with Crippen LogP contribution in [0, 0.1) is 0 Å². The molecule has 0 atom stereocenters. The predicted octanol–water partition coefficient (Wildman–Crippen LogP) is 3.07. The summed E-state index contributed by atoms with van der Waals surface area (Å²) in [4.78, 5) is 2.22. The standard InChI is InChI=1S/C20H21N.ClH/c1-21(2)13-7-11-19-15-17-9-4-3-8-16(17)14-18-10-5-6-12-20(18)19;/h3-6,8-12,14-15H,7,13H2,1-2H3;1H/b19-11-;. The summed E-state index contributed by atoms with van der Waals surface area (Å²) in [5.41, 5.74) is 3.95. The fraction of sp³-hybridized carbons (Fsp3) is 0.200. The van der Waals surface area contributed by atoms with Crippen LogP contribution in [0.2, 0.25) is 0 Å². The van der Waals surface area contributed by atoms with Gasteiger partial charge in [-0.2, -0.15) is 0 Å². The van der Waals surface area contributed by atoms with E-state index in [-0.39, 0.29) is 12.4 Å². The molecule has 3 rings (SSSR count). The van der Waals surface area contributed by atoms with Gasteiger partial charge in [-0.15, -0.1) is 12.4 Å². The molecule has 0 radical (unpaired) electrons. The Morgan fingerprint density at radius 3 is 2.23 bits per heavy atom. The van der Waals surface area contributed by atoms with Gasteiger partial charge in [0.1, 0.15) is 0 Å². The summed E-state index contributed by atoms with van der Waals surface area (Å²) in [6, 6.07) is 17.2. The van der Waals surface area contributed by atoms with Crippen molar-refractivity contribution in [3.63, 3.8) is 0 Å². The van der Waals surface area contributed by atoms with E-state index in [0.717, 1.165) is 13.0 Å². The van der Waals surface area contributed by atoms with Crippen LogP contribution in [0.3, 0.4) is 0 Å². The summed E-state index contributed by atoms with van der Waals surface area (Å²) in [5.74, 6) is 0. The molecule has 0 saturated carbocycles. The molecule has 0 amide bonds. The normalized spacial score (nSPS) is 14.2. The van der Waals surface area contributed by atoms with Gasteiger partial charge in [0.25, 0.3) is 0 Å². The monoisotopic (exact) mass is 311 g/mol. The van der Waals surface area contributed by atoms with E-state index in [1.54, 1.807) is 0 Å². The van der Waals surface area contributed by atoms with Crippen LogP contribution in [-0.2, 0) is 0 Å². The second-order valence-electron chi connectivity index (χ2n) is 5.76. The molecule has 0 unspecified atom stereocenters. The molecule has 2 heteroatoms. The van der Waals surface area contributed by atoms with Crippen LogP contribution in [0.4, 0.5) is 0 Å². The molecule has 0 aromatic heterocycles. The summed E-state index contributed by atoms with van der Waals surface area (Å²) in [7, 11) is 4.23. The number of allylic oxidation sites excluding steroid dienone is 1. The van der Waals surface area contributed by atoms with Crippen LogP contribution in [-0.4, -0.2) is 25.5 Å². The first kappa shape index (κ1) is 16.5. The predicted molar refractivity (Wildman–Crippen MR) is 98.6 cm³/mol. The van der Waals surface area contributed by atoms with Crippen molar-refractivity contribution in [1.82, 2.24) is 4.90 Å². The van der Waals surface area contributed by atoms with E-state index in [4.69, 9.17) is 0 Å². The van der Waals surface area contributed by atoms with Gasteiger partial charge in [0, 0.05) is 6.54 Å². The van der Waals surface area contributed by atoms with Crippen molar-refractivity contribution in [3.8, 4) is 0 Å². The smallest absolute Gasteiger partial charge is 0.00101 e. The topological polar surface area (TPSA) is 3.24 Å². The van der Waals surface area contributed by atoms with Crippen LogP contribution in [0.15, 0.2) is 54.6 Å². The van der Waals surface area contributed by atoms with Crippen molar-refractivity contribution in [3.05, 3.63) is 76.2 Å². The van der Waals surface area contributed by atoms with E-state index in [9.17, 15) is 0 Å². The average molecular weight is 312 g/mol. The Hall–Kier alpha value is -1.83. The zero-order valence-electron chi connectivity index (χ0n) is 13.1. The number of halogens is 1. The minimum atomic E-state index is 0. The number of nitrogens with zero attached hydrogens (tertiary/aromatic N) is 1. The lowest BCUT2D eigenvalue weighted by Gasteiger charge is -2.09. The summed E-state index contributed by atoms with van der Waals surface area (Å²) < 4.78 is 0. The van der Waals surface area contributed by atoms with Crippen LogP contribution in [0.25, 0.3) is 17.7 Å². The molecular weight excluding hydrogens is 290 g/mol. The fourth-order valence-corrected chi connectivity index (χ4v) is 2.72. The molecule has 0 bridgehead atoms. The molecular formula is C20H22ClN. The minimum Gasteiger partial charge on any atom is -0.309 e. The van der Waals surface area contributed by atoms with Gasteiger partial charge in [-0.25, -0.2) is 0 Å². The summed E-state index contributed by atoms with van der Waals surface area (Å²) in [6.07, 6.45) is 8.02. The molecule has 0 fully saturated rings. The zero-order chi connectivity index (χ0) is 14.7. The first-order valence-corrected chi connectivity index (χ1v) is 7.47. The Labute approximate surface area is 138 Å². The maximum Gasteiger partial charge on any atom is 0.00101 e. The van der Waals surface area contributed by atoms with Gasteiger partial charge >= 0.3 is 0 Å². The molecule has 0 saturated heterocycles. The molecule has 0 spiro atoms. The molecule has 1 aliphatic rings. The number of hydrogen-bond donors (Lipinski definition) is 0. The second-order valence-corrected chi connectivity index (χ2v) is 5.76.